The number of methoxy groups -OCH3 is 1. The van der Waals surface area contributed by atoms with E-state index in [1.807, 2.05) is 12.1 Å². The zero-order valence-electron chi connectivity index (χ0n) is 10.1. The number of nitrogens with zero attached hydrogens (tertiary/aromatic N) is 1. The van der Waals surface area contributed by atoms with Crippen molar-refractivity contribution in [3.05, 3.63) is 18.3 Å². The molecule has 0 aliphatic rings. The van der Waals surface area contributed by atoms with Crippen LogP contribution < -0.4 is 10.1 Å². The molecule has 0 aromatic carbocycles. The highest BCUT2D eigenvalue weighted by molar-refractivity contribution is 6.17. The summed E-state index contributed by atoms with van der Waals surface area (Å²) in [5, 5.41) is 3.30. The van der Waals surface area contributed by atoms with Crippen molar-refractivity contribution in [2.24, 2.45) is 5.41 Å². The summed E-state index contributed by atoms with van der Waals surface area (Å²) in [4.78, 5) is 4.24. The molecular weight excluding hydrogens is 224 g/mol. The number of hydrogen-bond donors (Lipinski definition) is 1. The molecule has 0 atom stereocenters. The average Bonchev–Trinajstić information content (AvgIpc) is 2.27. The fourth-order valence-electron chi connectivity index (χ4n) is 1.28. The van der Waals surface area contributed by atoms with Gasteiger partial charge < -0.3 is 10.1 Å². The van der Waals surface area contributed by atoms with Crippen LogP contribution in [0.25, 0.3) is 0 Å². The minimum absolute atomic E-state index is 0.184. The van der Waals surface area contributed by atoms with E-state index in [9.17, 15) is 0 Å². The molecule has 0 bridgehead atoms. The molecule has 16 heavy (non-hydrogen) atoms. The Morgan fingerprint density at radius 1 is 1.44 bits per heavy atom. The van der Waals surface area contributed by atoms with Gasteiger partial charge in [0.15, 0.2) is 0 Å². The first-order valence-electron chi connectivity index (χ1n) is 5.37. The number of anilines is 1. The molecule has 1 heterocycles. The Bertz CT molecular complexity index is 311. The van der Waals surface area contributed by atoms with Crippen LogP contribution in [0.2, 0.25) is 0 Å². The van der Waals surface area contributed by atoms with Crippen LogP contribution in [0.3, 0.4) is 0 Å². The van der Waals surface area contributed by atoms with Crippen LogP contribution in [0.4, 0.5) is 5.82 Å². The summed E-state index contributed by atoms with van der Waals surface area (Å²) in [6.45, 7) is 5.23. The second-order valence-electron chi connectivity index (χ2n) is 4.54. The molecule has 90 valence electrons. The van der Waals surface area contributed by atoms with Gasteiger partial charge in [0.05, 0.1) is 13.3 Å². The van der Waals surface area contributed by atoms with Crippen molar-refractivity contribution in [3.8, 4) is 5.75 Å². The van der Waals surface area contributed by atoms with Crippen LogP contribution in [0, 0.1) is 5.41 Å². The van der Waals surface area contributed by atoms with Crippen molar-refractivity contribution in [2.75, 3.05) is 24.9 Å². The highest BCUT2D eigenvalue weighted by Crippen LogP contribution is 2.21. The van der Waals surface area contributed by atoms with Crippen LogP contribution in [0.5, 0.6) is 5.75 Å². The van der Waals surface area contributed by atoms with Gasteiger partial charge in [0.25, 0.3) is 0 Å². The third-order valence-corrected chi connectivity index (χ3v) is 2.68. The second kappa shape index (κ2) is 5.94. The number of halogens is 1. The lowest BCUT2D eigenvalue weighted by molar-refractivity contribution is 0.379. The standard InChI is InChI=1S/C12H19ClN2O/c1-12(2,6-7-13)9-15-11-5-4-10(16-3)8-14-11/h4-5,8H,6-7,9H2,1-3H3,(H,14,15). The summed E-state index contributed by atoms with van der Waals surface area (Å²) in [7, 11) is 1.63. The Balaban J connectivity index is 2.48. The summed E-state index contributed by atoms with van der Waals surface area (Å²) >= 11 is 5.75. The highest BCUT2D eigenvalue weighted by atomic mass is 35.5. The number of aromatic nitrogens is 1. The molecule has 3 nitrogen and oxygen atoms in total. The molecule has 1 N–H and O–H groups in total. The molecule has 1 rings (SSSR count). The zero-order valence-corrected chi connectivity index (χ0v) is 10.8. The molecule has 4 heteroatoms. The lowest BCUT2D eigenvalue weighted by Crippen LogP contribution is -2.23. The van der Waals surface area contributed by atoms with E-state index >= 15 is 0 Å². The first-order valence-corrected chi connectivity index (χ1v) is 5.91. The summed E-state index contributed by atoms with van der Waals surface area (Å²) in [6.07, 6.45) is 2.69. The summed E-state index contributed by atoms with van der Waals surface area (Å²) in [5.41, 5.74) is 0.184. The zero-order chi connectivity index (χ0) is 12.0. The molecule has 0 aliphatic carbocycles. The van der Waals surface area contributed by atoms with E-state index in [1.165, 1.54) is 0 Å². The quantitative estimate of drug-likeness (QED) is 0.779. The van der Waals surface area contributed by atoms with Crippen molar-refractivity contribution in [1.29, 1.82) is 0 Å². The lowest BCUT2D eigenvalue weighted by atomic mass is 9.90. The molecule has 0 fully saturated rings. The third-order valence-electron chi connectivity index (χ3n) is 2.49. The summed E-state index contributed by atoms with van der Waals surface area (Å²) in [5.74, 6) is 2.32. The van der Waals surface area contributed by atoms with Gasteiger partial charge in [-0.3, -0.25) is 0 Å². The number of alkyl halides is 1. The predicted octanol–water partition coefficient (Wildman–Crippen LogP) is 3.16. The number of ether oxygens (including phenoxy) is 1. The second-order valence-corrected chi connectivity index (χ2v) is 4.92. The Labute approximate surface area is 102 Å². The Morgan fingerprint density at radius 2 is 2.19 bits per heavy atom. The topological polar surface area (TPSA) is 34.1 Å². The Kier molecular flexibility index (Phi) is 4.87. The maximum Gasteiger partial charge on any atom is 0.137 e. The van der Waals surface area contributed by atoms with Gasteiger partial charge in [-0.2, -0.15) is 0 Å². The molecule has 1 aromatic rings. The molecule has 0 saturated heterocycles. The maximum absolute atomic E-state index is 5.75. The number of rotatable bonds is 6. The van der Waals surface area contributed by atoms with E-state index in [-0.39, 0.29) is 5.41 Å². The first kappa shape index (κ1) is 13.1. The fraction of sp³-hybridized carbons (Fsp3) is 0.583. The minimum atomic E-state index is 0.184. The van der Waals surface area contributed by atoms with E-state index in [0.29, 0.717) is 5.88 Å². The van der Waals surface area contributed by atoms with Crippen LogP contribution >= 0.6 is 11.6 Å². The first-order chi connectivity index (χ1) is 7.57. The number of pyridine rings is 1. The van der Waals surface area contributed by atoms with Gasteiger partial charge >= 0.3 is 0 Å². The normalized spacial score (nSPS) is 11.2. The molecule has 0 amide bonds. The largest absolute Gasteiger partial charge is 0.495 e. The summed E-state index contributed by atoms with van der Waals surface area (Å²) in [6, 6.07) is 3.81. The molecule has 0 unspecified atom stereocenters. The van der Waals surface area contributed by atoms with Gasteiger partial charge in [0.2, 0.25) is 0 Å². The minimum Gasteiger partial charge on any atom is -0.495 e. The monoisotopic (exact) mass is 242 g/mol. The van der Waals surface area contributed by atoms with E-state index in [1.54, 1.807) is 13.3 Å². The fourth-order valence-corrected chi connectivity index (χ4v) is 1.79. The molecule has 1 aromatic heterocycles. The number of hydrogen-bond acceptors (Lipinski definition) is 3. The summed E-state index contributed by atoms with van der Waals surface area (Å²) < 4.78 is 5.05. The van der Waals surface area contributed by atoms with Gasteiger partial charge in [-0.15, -0.1) is 11.6 Å². The molecule has 0 spiro atoms. The third kappa shape index (κ3) is 4.27. The van der Waals surface area contributed by atoms with Crippen molar-refractivity contribution in [3.63, 3.8) is 0 Å². The smallest absolute Gasteiger partial charge is 0.137 e. The van der Waals surface area contributed by atoms with E-state index in [2.05, 4.69) is 24.1 Å². The lowest BCUT2D eigenvalue weighted by Gasteiger charge is -2.24. The van der Waals surface area contributed by atoms with Gasteiger partial charge in [-0.25, -0.2) is 4.98 Å². The molecule has 0 radical (unpaired) electrons. The van der Waals surface area contributed by atoms with Gasteiger partial charge in [-0.1, -0.05) is 13.8 Å². The molecule has 0 aliphatic heterocycles. The van der Waals surface area contributed by atoms with Crippen molar-refractivity contribution in [2.45, 2.75) is 20.3 Å². The van der Waals surface area contributed by atoms with Gasteiger partial charge in [-0.05, 0) is 24.0 Å². The SMILES string of the molecule is COc1ccc(NCC(C)(C)CCCl)nc1. The average molecular weight is 243 g/mol. The van der Waals surface area contributed by atoms with Crippen LogP contribution in [0.15, 0.2) is 18.3 Å². The van der Waals surface area contributed by atoms with Crippen molar-refractivity contribution >= 4 is 17.4 Å². The Morgan fingerprint density at radius 3 is 2.69 bits per heavy atom. The van der Waals surface area contributed by atoms with Crippen LogP contribution in [-0.4, -0.2) is 24.5 Å². The molecule has 0 saturated carbocycles. The Hall–Kier alpha value is -0.960. The van der Waals surface area contributed by atoms with Crippen LogP contribution in [0.1, 0.15) is 20.3 Å². The number of nitrogens with one attached hydrogen (secondary N) is 1. The van der Waals surface area contributed by atoms with Crippen molar-refractivity contribution in [1.82, 2.24) is 4.98 Å². The highest BCUT2D eigenvalue weighted by Gasteiger charge is 2.16. The van der Waals surface area contributed by atoms with Crippen LogP contribution in [-0.2, 0) is 0 Å². The van der Waals surface area contributed by atoms with E-state index in [4.69, 9.17) is 16.3 Å². The molecular formula is C12H19ClN2O. The van der Waals surface area contributed by atoms with E-state index in [0.717, 1.165) is 24.5 Å². The van der Waals surface area contributed by atoms with Crippen molar-refractivity contribution < 1.29 is 4.74 Å². The van der Waals surface area contributed by atoms with Gasteiger partial charge in [0.1, 0.15) is 11.6 Å². The van der Waals surface area contributed by atoms with E-state index < -0.39 is 0 Å². The van der Waals surface area contributed by atoms with Gasteiger partial charge in [0, 0.05) is 12.4 Å². The maximum atomic E-state index is 5.75. The predicted molar refractivity (Wildman–Crippen MR) is 68.4 cm³/mol.